The van der Waals surface area contributed by atoms with E-state index < -0.39 is 17.7 Å². The molecule has 2 amide bonds. The van der Waals surface area contributed by atoms with Gasteiger partial charge in [0.1, 0.15) is 11.6 Å². The van der Waals surface area contributed by atoms with Gasteiger partial charge < -0.3 is 16.0 Å². The number of nitrogens with two attached hydrogens (primary N) is 1. The second kappa shape index (κ2) is 4.53. The Morgan fingerprint density at radius 3 is 2.72 bits per heavy atom. The number of halogens is 2. The molecule has 0 aromatic heterocycles. The first-order valence-electron chi connectivity index (χ1n) is 5.73. The topological polar surface area (TPSA) is 58.4 Å². The van der Waals surface area contributed by atoms with Gasteiger partial charge in [-0.1, -0.05) is 6.92 Å². The maximum Gasteiger partial charge on any atom is 0.322 e. The lowest BCUT2D eigenvalue weighted by Crippen LogP contribution is -2.68. The number of hydrogen-bond donors (Lipinski definition) is 2. The monoisotopic (exact) mass is 255 g/mol. The van der Waals surface area contributed by atoms with Crippen molar-refractivity contribution in [2.24, 2.45) is 5.73 Å². The summed E-state index contributed by atoms with van der Waals surface area (Å²) < 4.78 is 26.0. The van der Waals surface area contributed by atoms with Gasteiger partial charge in [-0.3, -0.25) is 0 Å². The van der Waals surface area contributed by atoms with Gasteiger partial charge in [0.2, 0.25) is 0 Å². The van der Waals surface area contributed by atoms with Gasteiger partial charge in [-0.2, -0.15) is 0 Å². The summed E-state index contributed by atoms with van der Waals surface area (Å²) in [6.07, 6.45) is 0.779. The first-order chi connectivity index (χ1) is 8.43. The van der Waals surface area contributed by atoms with Crippen molar-refractivity contribution in [3.05, 3.63) is 29.8 Å². The molecular weight excluding hydrogens is 240 g/mol. The third-order valence-corrected chi connectivity index (χ3v) is 3.18. The van der Waals surface area contributed by atoms with Crippen LogP contribution < -0.4 is 11.1 Å². The van der Waals surface area contributed by atoms with Gasteiger partial charge in [0, 0.05) is 19.2 Å². The fourth-order valence-corrected chi connectivity index (χ4v) is 1.87. The van der Waals surface area contributed by atoms with E-state index in [1.165, 1.54) is 11.0 Å². The molecule has 4 nitrogen and oxygen atoms in total. The van der Waals surface area contributed by atoms with Gasteiger partial charge in [-0.25, -0.2) is 13.6 Å². The van der Waals surface area contributed by atoms with Gasteiger partial charge in [-0.15, -0.1) is 0 Å². The molecule has 6 heteroatoms. The van der Waals surface area contributed by atoms with E-state index in [2.05, 4.69) is 5.32 Å². The molecule has 0 saturated carbocycles. The summed E-state index contributed by atoms with van der Waals surface area (Å²) >= 11 is 0. The Kier molecular flexibility index (Phi) is 3.21. The number of likely N-dealkylation sites (tertiary alicyclic amines) is 1. The number of amides is 2. The van der Waals surface area contributed by atoms with Crippen molar-refractivity contribution in [2.75, 3.05) is 18.4 Å². The predicted molar refractivity (Wildman–Crippen MR) is 64.2 cm³/mol. The molecule has 1 aromatic carbocycles. The third-order valence-electron chi connectivity index (χ3n) is 3.18. The van der Waals surface area contributed by atoms with E-state index in [-0.39, 0.29) is 11.2 Å². The summed E-state index contributed by atoms with van der Waals surface area (Å²) in [7, 11) is 0. The molecule has 0 atom stereocenters. The van der Waals surface area contributed by atoms with Gasteiger partial charge in [-0.05, 0) is 18.6 Å². The van der Waals surface area contributed by atoms with Crippen molar-refractivity contribution >= 4 is 11.7 Å². The average Bonchev–Trinajstić information content (AvgIpc) is 2.28. The number of anilines is 1. The van der Waals surface area contributed by atoms with E-state index in [0.717, 1.165) is 18.6 Å². The molecule has 3 N–H and O–H groups in total. The molecule has 1 aliphatic heterocycles. The Balaban J connectivity index is 1.97. The summed E-state index contributed by atoms with van der Waals surface area (Å²) in [6.45, 7) is 2.84. The molecular formula is C12H15F2N3O. The first kappa shape index (κ1) is 12.8. The molecule has 18 heavy (non-hydrogen) atoms. The highest BCUT2D eigenvalue weighted by atomic mass is 19.1. The first-order valence-corrected chi connectivity index (χ1v) is 5.73. The molecule has 1 aliphatic rings. The maximum absolute atomic E-state index is 13.3. The standard InChI is InChI=1S/C12H15F2N3O/c1-2-12(15)6-17(7-12)11(18)16-10-4-3-8(13)5-9(10)14/h3-5H,2,6-7,15H2,1H3,(H,16,18). The fraction of sp³-hybridized carbons (Fsp3) is 0.417. The van der Waals surface area contributed by atoms with E-state index in [4.69, 9.17) is 5.73 Å². The molecule has 1 fully saturated rings. The van der Waals surface area contributed by atoms with Crippen LogP contribution in [-0.2, 0) is 0 Å². The lowest BCUT2D eigenvalue weighted by molar-refractivity contribution is 0.102. The highest BCUT2D eigenvalue weighted by Crippen LogP contribution is 2.23. The molecule has 1 heterocycles. The van der Waals surface area contributed by atoms with Gasteiger partial charge in [0.15, 0.2) is 0 Å². The van der Waals surface area contributed by atoms with Crippen LogP contribution in [0.3, 0.4) is 0 Å². The van der Waals surface area contributed by atoms with Crippen LogP contribution >= 0.6 is 0 Å². The molecule has 0 bridgehead atoms. The largest absolute Gasteiger partial charge is 0.322 e. The van der Waals surface area contributed by atoms with Crippen molar-refractivity contribution in [2.45, 2.75) is 18.9 Å². The molecule has 0 unspecified atom stereocenters. The van der Waals surface area contributed by atoms with Crippen molar-refractivity contribution in [3.8, 4) is 0 Å². The van der Waals surface area contributed by atoms with E-state index in [1.54, 1.807) is 0 Å². The smallest absolute Gasteiger partial charge is 0.322 e. The number of benzene rings is 1. The second-order valence-corrected chi connectivity index (χ2v) is 4.63. The lowest BCUT2D eigenvalue weighted by atomic mass is 9.89. The maximum atomic E-state index is 13.3. The third kappa shape index (κ3) is 2.43. The van der Waals surface area contributed by atoms with E-state index in [9.17, 15) is 13.6 Å². The highest BCUT2D eigenvalue weighted by Gasteiger charge is 2.40. The summed E-state index contributed by atoms with van der Waals surface area (Å²) in [5.74, 6) is -1.47. The Labute approximate surface area is 104 Å². The van der Waals surface area contributed by atoms with Crippen molar-refractivity contribution in [1.29, 1.82) is 0 Å². The fourth-order valence-electron chi connectivity index (χ4n) is 1.87. The SMILES string of the molecule is CCC1(N)CN(C(=O)Nc2ccc(F)cc2F)C1. The van der Waals surface area contributed by atoms with Crippen LogP contribution in [0, 0.1) is 11.6 Å². The number of nitrogens with one attached hydrogen (secondary N) is 1. The Morgan fingerprint density at radius 1 is 1.50 bits per heavy atom. The molecule has 1 saturated heterocycles. The van der Waals surface area contributed by atoms with Crippen LogP contribution in [0.15, 0.2) is 18.2 Å². The van der Waals surface area contributed by atoms with Gasteiger partial charge in [0.05, 0.1) is 11.2 Å². The van der Waals surface area contributed by atoms with Crippen LogP contribution in [0.5, 0.6) is 0 Å². The minimum atomic E-state index is -0.793. The minimum Gasteiger partial charge on any atom is -0.322 e. The molecule has 0 aliphatic carbocycles. The highest BCUT2D eigenvalue weighted by molar-refractivity contribution is 5.90. The quantitative estimate of drug-likeness (QED) is 0.848. The van der Waals surface area contributed by atoms with E-state index >= 15 is 0 Å². The molecule has 0 spiro atoms. The number of nitrogens with zero attached hydrogens (tertiary/aromatic N) is 1. The summed E-state index contributed by atoms with van der Waals surface area (Å²) in [4.78, 5) is 13.2. The number of urea groups is 1. The van der Waals surface area contributed by atoms with Crippen LogP contribution in [0.2, 0.25) is 0 Å². The van der Waals surface area contributed by atoms with Gasteiger partial charge in [0.25, 0.3) is 0 Å². The summed E-state index contributed by atoms with van der Waals surface area (Å²) in [5, 5.41) is 2.39. The number of carbonyl (C=O) groups excluding carboxylic acids is 1. The number of hydrogen-bond acceptors (Lipinski definition) is 2. The number of rotatable bonds is 2. The van der Waals surface area contributed by atoms with Crippen LogP contribution in [-0.4, -0.2) is 29.6 Å². The van der Waals surface area contributed by atoms with Crippen molar-refractivity contribution in [3.63, 3.8) is 0 Å². The molecule has 1 aromatic rings. The normalized spacial score (nSPS) is 17.2. The number of carbonyl (C=O) groups is 1. The summed E-state index contributed by atoms with van der Waals surface area (Å²) in [5.41, 5.74) is 5.56. The molecule has 0 radical (unpaired) electrons. The zero-order valence-corrected chi connectivity index (χ0v) is 10.0. The molecule has 98 valence electrons. The second-order valence-electron chi connectivity index (χ2n) is 4.63. The van der Waals surface area contributed by atoms with Crippen LogP contribution in [0.4, 0.5) is 19.3 Å². The predicted octanol–water partition coefficient (Wildman–Crippen LogP) is 1.92. The van der Waals surface area contributed by atoms with Crippen LogP contribution in [0.25, 0.3) is 0 Å². The van der Waals surface area contributed by atoms with E-state index in [0.29, 0.717) is 13.1 Å². The van der Waals surface area contributed by atoms with Gasteiger partial charge >= 0.3 is 6.03 Å². The Bertz CT molecular complexity index is 472. The zero-order chi connectivity index (χ0) is 13.3. The summed E-state index contributed by atoms with van der Waals surface area (Å²) in [6, 6.07) is 2.59. The van der Waals surface area contributed by atoms with Crippen molar-refractivity contribution in [1.82, 2.24) is 4.90 Å². The lowest BCUT2D eigenvalue weighted by Gasteiger charge is -2.47. The Morgan fingerprint density at radius 2 is 2.17 bits per heavy atom. The Hall–Kier alpha value is -1.69. The van der Waals surface area contributed by atoms with E-state index in [1.807, 2.05) is 6.92 Å². The average molecular weight is 255 g/mol. The zero-order valence-electron chi connectivity index (χ0n) is 10.0. The van der Waals surface area contributed by atoms with Crippen LogP contribution in [0.1, 0.15) is 13.3 Å². The molecule has 2 rings (SSSR count). The minimum absolute atomic E-state index is 0.0348. The van der Waals surface area contributed by atoms with Crippen molar-refractivity contribution < 1.29 is 13.6 Å².